The molecular weight excluding hydrogens is 308 g/mol. The van der Waals surface area contributed by atoms with Gasteiger partial charge in [0.25, 0.3) is 0 Å². The van der Waals surface area contributed by atoms with Crippen LogP contribution in [0.25, 0.3) is 0 Å². The van der Waals surface area contributed by atoms with Crippen LogP contribution in [0.1, 0.15) is 12.0 Å². The highest BCUT2D eigenvalue weighted by molar-refractivity contribution is 7.91. The second-order valence-corrected chi connectivity index (χ2v) is 7.95. The molecule has 1 aromatic carbocycles. The van der Waals surface area contributed by atoms with Gasteiger partial charge in [-0.25, -0.2) is 8.42 Å². The molecule has 7 heteroatoms. The molecular formula is C14H18N2O3S2. The third-order valence-electron chi connectivity index (χ3n) is 3.52. The van der Waals surface area contributed by atoms with Crippen LogP contribution in [-0.2, 0) is 21.1 Å². The van der Waals surface area contributed by atoms with Crippen molar-refractivity contribution in [2.45, 2.75) is 18.9 Å². The summed E-state index contributed by atoms with van der Waals surface area (Å²) in [5.74, 6) is -0.804. The normalized spacial score (nSPS) is 21.6. The average Bonchev–Trinajstić information content (AvgIpc) is 2.76. The molecule has 0 bridgehead atoms. The maximum Gasteiger partial charge on any atom is 0.230 e. The van der Waals surface area contributed by atoms with Gasteiger partial charge in [-0.05, 0) is 18.4 Å². The highest BCUT2D eigenvalue weighted by Crippen LogP contribution is 2.14. The maximum atomic E-state index is 12.3. The average molecular weight is 326 g/mol. The van der Waals surface area contributed by atoms with Gasteiger partial charge >= 0.3 is 0 Å². The number of thiocarbonyl (C=S) groups is 1. The number of hydrogen-bond donors (Lipinski definition) is 2. The summed E-state index contributed by atoms with van der Waals surface area (Å²) in [5.41, 5.74) is 6.63. The first kappa shape index (κ1) is 15.9. The van der Waals surface area contributed by atoms with E-state index in [1.807, 2.05) is 30.3 Å². The van der Waals surface area contributed by atoms with Gasteiger partial charge in [-0.3, -0.25) is 4.79 Å². The van der Waals surface area contributed by atoms with Gasteiger partial charge < -0.3 is 11.1 Å². The van der Waals surface area contributed by atoms with E-state index in [2.05, 4.69) is 5.32 Å². The van der Waals surface area contributed by atoms with Crippen molar-refractivity contribution in [3.63, 3.8) is 0 Å². The molecule has 0 aliphatic carbocycles. The fourth-order valence-corrected chi connectivity index (χ4v) is 4.25. The van der Waals surface area contributed by atoms with Crippen molar-refractivity contribution in [3.05, 3.63) is 35.9 Å². The van der Waals surface area contributed by atoms with Crippen LogP contribution in [0.4, 0.5) is 0 Å². The van der Waals surface area contributed by atoms with Crippen LogP contribution in [-0.4, -0.2) is 36.9 Å². The number of carbonyl (C=O) groups excluding carboxylic acids is 1. The van der Waals surface area contributed by atoms with Gasteiger partial charge in [-0.1, -0.05) is 42.5 Å². The second-order valence-electron chi connectivity index (χ2n) is 5.25. The van der Waals surface area contributed by atoms with Crippen molar-refractivity contribution < 1.29 is 13.2 Å². The summed E-state index contributed by atoms with van der Waals surface area (Å²) in [6, 6.07) is 9.12. The Morgan fingerprint density at radius 1 is 1.38 bits per heavy atom. The number of sulfone groups is 1. The Morgan fingerprint density at radius 3 is 2.57 bits per heavy atom. The van der Waals surface area contributed by atoms with Crippen LogP contribution in [0, 0.1) is 5.92 Å². The SMILES string of the molecule is NC(=S)C(Cc1ccccc1)C(=O)NC1CCS(=O)(=O)C1. The zero-order chi connectivity index (χ0) is 15.5. The van der Waals surface area contributed by atoms with E-state index in [-0.39, 0.29) is 28.4 Å². The molecule has 2 unspecified atom stereocenters. The van der Waals surface area contributed by atoms with E-state index in [9.17, 15) is 13.2 Å². The van der Waals surface area contributed by atoms with Crippen LogP contribution in [0.15, 0.2) is 30.3 Å². The van der Waals surface area contributed by atoms with Crippen molar-refractivity contribution in [1.82, 2.24) is 5.32 Å². The van der Waals surface area contributed by atoms with E-state index in [0.29, 0.717) is 12.8 Å². The molecule has 2 atom stereocenters. The lowest BCUT2D eigenvalue weighted by atomic mass is 9.98. The molecule has 2 rings (SSSR count). The third kappa shape index (κ3) is 4.50. The molecule has 0 spiro atoms. The fourth-order valence-electron chi connectivity index (χ4n) is 2.38. The van der Waals surface area contributed by atoms with Crippen molar-refractivity contribution in [2.24, 2.45) is 11.7 Å². The lowest BCUT2D eigenvalue weighted by Gasteiger charge is -2.18. The van der Waals surface area contributed by atoms with E-state index in [0.717, 1.165) is 5.56 Å². The number of nitrogens with two attached hydrogens (primary N) is 1. The third-order valence-corrected chi connectivity index (χ3v) is 5.57. The highest BCUT2D eigenvalue weighted by atomic mass is 32.2. The molecule has 1 aromatic rings. The molecule has 1 fully saturated rings. The Morgan fingerprint density at radius 2 is 2.05 bits per heavy atom. The summed E-state index contributed by atoms with van der Waals surface area (Å²) in [6.45, 7) is 0. The first-order valence-electron chi connectivity index (χ1n) is 6.71. The van der Waals surface area contributed by atoms with Crippen molar-refractivity contribution >= 4 is 33.0 Å². The monoisotopic (exact) mass is 326 g/mol. The number of hydrogen-bond acceptors (Lipinski definition) is 4. The van der Waals surface area contributed by atoms with E-state index < -0.39 is 15.8 Å². The Bertz CT molecular complexity index is 629. The number of rotatable bonds is 5. The lowest BCUT2D eigenvalue weighted by molar-refractivity contribution is -0.123. The minimum Gasteiger partial charge on any atom is -0.393 e. The topological polar surface area (TPSA) is 89.3 Å². The summed E-state index contributed by atoms with van der Waals surface area (Å²) < 4.78 is 22.8. The molecule has 0 saturated carbocycles. The summed E-state index contributed by atoms with van der Waals surface area (Å²) in [6.07, 6.45) is 0.866. The summed E-state index contributed by atoms with van der Waals surface area (Å²) >= 11 is 4.98. The van der Waals surface area contributed by atoms with Gasteiger partial charge in [0, 0.05) is 6.04 Å². The summed E-state index contributed by atoms with van der Waals surface area (Å²) in [4.78, 5) is 12.4. The minimum absolute atomic E-state index is 0.00582. The van der Waals surface area contributed by atoms with Crippen LogP contribution in [0.2, 0.25) is 0 Å². The standard InChI is InChI=1S/C14H18N2O3S2/c15-13(20)12(8-10-4-2-1-3-5-10)14(17)16-11-6-7-21(18,19)9-11/h1-5,11-12H,6-9H2,(H2,15,20)(H,16,17). The first-order chi connectivity index (χ1) is 9.87. The summed E-state index contributed by atoms with van der Waals surface area (Å²) in [5, 5.41) is 2.75. The van der Waals surface area contributed by atoms with E-state index in [4.69, 9.17) is 18.0 Å². The predicted octanol–water partition coefficient (Wildman–Crippen LogP) is 0.435. The van der Waals surface area contributed by atoms with E-state index >= 15 is 0 Å². The Kier molecular flexibility index (Phi) is 4.95. The molecule has 21 heavy (non-hydrogen) atoms. The van der Waals surface area contributed by atoms with Crippen molar-refractivity contribution in [2.75, 3.05) is 11.5 Å². The molecule has 0 radical (unpaired) electrons. The van der Waals surface area contributed by atoms with Gasteiger partial charge in [0.15, 0.2) is 9.84 Å². The molecule has 1 saturated heterocycles. The number of benzene rings is 1. The lowest BCUT2D eigenvalue weighted by Crippen LogP contribution is -2.44. The van der Waals surface area contributed by atoms with Crippen LogP contribution in [0.5, 0.6) is 0 Å². The summed E-state index contributed by atoms with van der Waals surface area (Å²) in [7, 11) is -3.02. The molecule has 114 valence electrons. The zero-order valence-electron chi connectivity index (χ0n) is 11.5. The molecule has 0 aromatic heterocycles. The Hall–Kier alpha value is -1.47. The molecule has 1 aliphatic heterocycles. The van der Waals surface area contributed by atoms with Crippen molar-refractivity contribution in [3.8, 4) is 0 Å². The van der Waals surface area contributed by atoms with Gasteiger partial charge in [0.05, 0.1) is 22.4 Å². The largest absolute Gasteiger partial charge is 0.393 e. The van der Waals surface area contributed by atoms with E-state index in [1.54, 1.807) is 0 Å². The first-order valence-corrected chi connectivity index (χ1v) is 8.94. The molecule has 1 heterocycles. The van der Waals surface area contributed by atoms with Crippen molar-refractivity contribution in [1.29, 1.82) is 0 Å². The van der Waals surface area contributed by atoms with Crippen LogP contribution in [0.3, 0.4) is 0 Å². The molecule has 1 amide bonds. The van der Waals surface area contributed by atoms with Crippen LogP contribution >= 0.6 is 12.2 Å². The smallest absolute Gasteiger partial charge is 0.230 e. The minimum atomic E-state index is -3.02. The van der Waals surface area contributed by atoms with Gasteiger partial charge in [-0.2, -0.15) is 0 Å². The number of carbonyl (C=O) groups is 1. The zero-order valence-corrected chi connectivity index (χ0v) is 13.1. The maximum absolute atomic E-state index is 12.3. The quantitative estimate of drug-likeness (QED) is 0.766. The molecule has 5 nitrogen and oxygen atoms in total. The second kappa shape index (κ2) is 6.53. The van der Waals surface area contributed by atoms with Gasteiger partial charge in [0.2, 0.25) is 5.91 Å². The van der Waals surface area contributed by atoms with Gasteiger partial charge in [0.1, 0.15) is 0 Å². The number of amides is 1. The molecule has 1 aliphatic rings. The highest BCUT2D eigenvalue weighted by Gasteiger charge is 2.31. The van der Waals surface area contributed by atoms with E-state index in [1.165, 1.54) is 0 Å². The van der Waals surface area contributed by atoms with Gasteiger partial charge in [-0.15, -0.1) is 0 Å². The number of nitrogens with one attached hydrogen (secondary N) is 1. The predicted molar refractivity (Wildman–Crippen MR) is 85.6 cm³/mol. The fraction of sp³-hybridized carbons (Fsp3) is 0.429. The Labute approximate surface area is 129 Å². The molecule has 3 N–H and O–H groups in total. The van der Waals surface area contributed by atoms with Crippen LogP contribution < -0.4 is 11.1 Å². The Balaban J connectivity index is 2.01.